The van der Waals surface area contributed by atoms with E-state index >= 15 is 0 Å². The van der Waals surface area contributed by atoms with Crippen LogP contribution in [-0.4, -0.2) is 33.7 Å². The molecule has 3 aromatic rings. The fraction of sp³-hybridized carbons (Fsp3) is 0.200. The van der Waals surface area contributed by atoms with Crippen molar-refractivity contribution < 1.29 is 14.3 Å². The summed E-state index contributed by atoms with van der Waals surface area (Å²) in [6, 6.07) is 15.5. The van der Waals surface area contributed by atoms with Crippen LogP contribution in [0.4, 0.5) is 0 Å². The number of hydrogen-bond donors (Lipinski definition) is 0. The second kappa shape index (κ2) is 6.92. The van der Waals surface area contributed by atoms with E-state index in [0.717, 1.165) is 22.7 Å². The van der Waals surface area contributed by atoms with Gasteiger partial charge in [-0.25, -0.2) is 4.98 Å². The number of benzene rings is 2. The lowest BCUT2D eigenvalue weighted by atomic mass is 10.2. The minimum atomic E-state index is -0.0634. The number of para-hydroxylation sites is 1. The van der Waals surface area contributed by atoms with Crippen molar-refractivity contribution in [1.82, 2.24) is 14.5 Å². The summed E-state index contributed by atoms with van der Waals surface area (Å²) in [5, 5.41) is 0. The van der Waals surface area contributed by atoms with Crippen LogP contribution in [0, 0.1) is 0 Å². The first-order valence-corrected chi connectivity index (χ1v) is 8.52. The maximum atomic E-state index is 13.1. The molecule has 1 aromatic heterocycles. The standard InChI is InChI=1S/C20H19N3O3/c1-2-22(12-15-8-9-18-19(10-15)26-14-25-18)20(24)17-11-21-13-23(17)16-6-4-3-5-7-16/h3-11,13H,2,12,14H2,1H3. The maximum absolute atomic E-state index is 13.1. The molecule has 1 aliphatic heterocycles. The van der Waals surface area contributed by atoms with Crippen molar-refractivity contribution in [3.63, 3.8) is 0 Å². The molecule has 0 spiro atoms. The van der Waals surface area contributed by atoms with Crippen molar-refractivity contribution in [2.45, 2.75) is 13.5 Å². The van der Waals surface area contributed by atoms with Crippen molar-refractivity contribution in [3.05, 3.63) is 72.3 Å². The van der Waals surface area contributed by atoms with Crippen LogP contribution in [0.15, 0.2) is 61.1 Å². The highest BCUT2D eigenvalue weighted by molar-refractivity contribution is 5.93. The van der Waals surface area contributed by atoms with Crippen molar-refractivity contribution in [2.24, 2.45) is 0 Å². The monoisotopic (exact) mass is 349 g/mol. The van der Waals surface area contributed by atoms with E-state index in [1.165, 1.54) is 0 Å². The van der Waals surface area contributed by atoms with Crippen LogP contribution < -0.4 is 9.47 Å². The minimum absolute atomic E-state index is 0.0634. The number of nitrogens with zero attached hydrogens (tertiary/aromatic N) is 3. The van der Waals surface area contributed by atoms with Gasteiger partial charge in [0.2, 0.25) is 6.79 Å². The summed E-state index contributed by atoms with van der Waals surface area (Å²) in [5.74, 6) is 1.40. The molecule has 0 unspecified atom stereocenters. The van der Waals surface area contributed by atoms with Crippen LogP contribution in [0.25, 0.3) is 5.69 Å². The zero-order valence-electron chi connectivity index (χ0n) is 14.5. The predicted octanol–water partition coefficient (Wildman–Crippen LogP) is 3.26. The lowest BCUT2D eigenvalue weighted by Gasteiger charge is -2.21. The Bertz CT molecular complexity index is 921. The van der Waals surface area contributed by atoms with Gasteiger partial charge in [0.05, 0.1) is 12.5 Å². The summed E-state index contributed by atoms with van der Waals surface area (Å²) in [4.78, 5) is 19.0. The van der Waals surface area contributed by atoms with E-state index in [1.807, 2.05) is 60.0 Å². The summed E-state index contributed by atoms with van der Waals surface area (Å²) in [6.45, 7) is 3.29. The normalized spacial score (nSPS) is 12.2. The molecule has 2 aromatic carbocycles. The topological polar surface area (TPSA) is 56.6 Å². The molecule has 0 bridgehead atoms. The second-order valence-corrected chi connectivity index (χ2v) is 5.99. The Morgan fingerprint density at radius 2 is 1.96 bits per heavy atom. The van der Waals surface area contributed by atoms with Crippen LogP contribution in [-0.2, 0) is 6.54 Å². The van der Waals surface area contributed by atoms with E-state index in [1.54, 1.807) is 17.4 Å². The molecule has 0 saturated carbocycles. The lowest BCUT2D eigenvalue weighted by molar-refractivity contribution is 0.0744. The third-order valence-corrected chi connectivity index (χ3v) is 4.37. The Hall–Kier alpha value is -3.28. The highest BCUT2D eigenvalue weighted by Crippen LogP contribution is 2.32. The van der Waals surface area contributed by atoms with Gasteiger partial charge < -0.3 is 14.4 Å². The summed E-state index contributed by atoms with van der Waals surface area (Å²) in [7, 11) is 0. The van der Waals surface area contributed by atoms with Crippen LogP contribution in [0.1, 0.15) is 23.0 Å². The zero-order valence-corrected chi connectivity index (χ0v) is 14.5. The quantitative estimate of drug-likeness (QED) is 0.709. The molecule has 0 saturated heterocycles. The summed E-state index contributed by atoms with van der Waals surface area (Å²) < 4.78 is 12.6. The number of aromatic nitrogens is 2. The van der Waals surface area contributed by atoms with Gasteiger partial charge in [0.25, 0.3) is 5.91 Å². The molecular weight excluding hydrogens is 330 g/mol. The van der Waals surface area contributed by atoms with E-state index in [2.05, 4.69) is 4.98 Å². The third kappa shape index (κ3) is 3.01. The smallest absolute Gasteiger partial charge is 0.272 e. The number of amides is 1. The highest BCUT2D eigenvalue weighted by atomic mass is 16.7. The Kier molecular flexibility index (Phi) is 4.31. The zero-order chi connectivity index (χ0) is 17.9. The van der Waals surface area contributed by atoms with Gasteiger partial charge in [-0.1, -0.05) is 24.3 Å². The van der Waals surface area contributed by atoms with E-state index in [-0.39, 0.29) is 12.7 Å². The lowest BCUT2D eigenvalue weighted by Crippen LogP contribution is -2.31. The molecule has 6 nitrogen and oxygen atoms in total. The van der Waals surface area contributed by atoms with Gasteiger partial charge in [0.15, 0.2) is 11.5 Å². The van der Waals surface area contributed by atoms with Crippen LogP contribution in [0.2, 0.25) is 0 Å². The number of ether oxygens (including phenoxy) is 2. The fourth-order valence-electron chi connectivity index (χ4n) is 3.00. The number of carbonyl (C=O) groups is 1. The summed E-state index contributed by atoms with van der Waals surface area (Å²) >= 11 is 0. The van der Waals surface area contributed by atoms with E-state index in [0.29, 0.717) is 18.8 Å². The van der Waals surface area contributed by atoms with Gasteiger partial charge in [-0.15, -0.1) is 0 Å². The molecule has 6 heteroatoms. The van der Waals surface area contributed by atoms with E-state index in [9.17, 15) is 4.79 Å². The van der Waals surface area contributed by atoms with Gasteiger partial charge >= 0.3 is 0 Å². The first-order valence-electron chi connectivity index (χ1n) is 8.52. The largest absolute Gasteiger partial charge is 0.454 e. The maximum Gasteiger partial charge on any atom is 0.272 e. The molecule has 0 fully saturated rings. The molecule has 0 atom stereocenters. The van der Waals surface area contributed by atoms with Crippen LogP contribution in [0.5, 0.6) is 11.5 Å². The molecule has 1 aliphatic rings. The van der Waals surface area contributed by atoms with E-state index in [4.69, 9.17) is 9.47 Å². The molecule has 2 heterocycles. The molecule has 0 N–H and O–H groups in total. The average Bonchev–Trinajstić information content (AvgIpc) is 3.35. The molecule has 26 heavy (non-hydrogen) atoms. The number of rotatable bonds is 5. The second-order valence-electron chi connectivity index (χ2n) is 5.99. The molecule has 1 amide bonds. The number of imidazole rings is 1. The third-order valence-electron chi connectivity index (χ3n) is 4.37. The Morgan fingerprint density at radius 1 is 1.15 bits per heavy atom. The SMILES string of the molecule is CCN(Cc1ccc2c(c1)OCO2)C(=O)c1cncn1-c1ccccc1. The number of carbonyl (C=O) groups excluding carboxylic acids is 1. The minimum Gasteiger partial charge on any atom is -0.454 e. The molecular formula is C20H19N3O3. The number of hydrogen-bond acceptors (Lipinski definition) is 4. The summed E-state index contributed by atoms with van der Waals surface area (Å²) in [6.07, 6.45) is 3.27. The van der Waals surface area contributed by atoms with Gasteiger partial charge in [-0.3, -0.25) is 9.36 Å². The molecule has 4 rings (SSSR count). The summed E-state index contributed by atoms with van der Waals surface area (Å²) in [5.41, 5.74) is 2.45. The van der Waals surface area contributed by atoms with Gasteiger partial charge in [-0.2, -0.15) is 0 Å². The van der Waals surface area contributed by atoms with Crippen LogP contribution in [0.3, 0.4) is 0 Å². The molecule has 132 valence electrons. The highest BCUT2D eigenvalue weighted by Gasteiger charge is 2.21. The molecule has 0 aliphatic carbocycles. The first-order chi connectivity index (χ1) is 12.8. The van der Waals surface area contributed by atoms with Crippen molar-refractivity contribution in [3.8, 4) is 17.2 Å². The van der Waals surface area contributed by atoms with Crippen molar-refractivity contribution in [1.29, 1.82) is 0 Å². The molecule has 0 radical (unpaired) electrons. The van der Waals surface area contributed by atoms with Gasteiger partial charge in [0, 0.05) is 18.8 Å². The van der Waals surface area contributed by atoms with Crippen molar-refractivity contribution in [2.75, 3.05) is 13.3 Å². The Morgan fingerprint density at radius 3 is 2.77 bits per heavy atom. The number of fused-ring (bicyclic) bond motifs is 1. The fourth-order valence-corrected chi connectivity index (χ4v) is 3.00. The van der Waals surface area contributed by atoms with E-state index < -0.39 is 0 Å². The average molecular weight is 349 g/mol. The Labute approximate surface area is 151 Å². The first kappa shape index (κ1) is 16.2. The van der Waals surface area contributed by atoms with Crippen LogP contribution >= 0.6 is 0 Å². The Balaban J connectivity index is 1.58. The van der Waals surface area contributed by atoms with Gasteiger partial charge in [0.1, 0.15) is 5.69 Å². The predicted molar refractivity (Wildman–Crippen MR) is 96.5 cm³/mol. The van der Waals surface area contributed by atoms with Gasteiger partial charge in [-0.05, 0) is 36.8 Å². The van der Waals surface area contributed by atoms with Crippen molar-refractivity contribution >= 4 is 5.91 Å².